The molecule has 0 aromatic heterocycles. The van der Waals surface area contributed by atoms with Crippen molar-refractivity contribution in [3.63, 3.8) is 0 Å². The Morgan fingerprint density at radius 3 is 2.53 bits per heavy atom. The third-order valence-electron chi connectivity index (χ3n) is 3.81. The number of morpholine rings is 1. The van der Waals surface area contributed by atoms with E-state index in [2.05, 4.69) is 6.92 Å². The highest BCUT2D eigenvalue weighted by molar-refractivity contribution is 7.56. The van der Waals surface area contributed by atoms with Gasteiger partial charge in [0.15, 0.2) is 0 Å². The van der Waals surface area contributed by atoms with Crippen LogP contribution in [0, 0.1) is 5.92 Å². The molecule has 1 fully saturated rings. The van der Waals surface area contributed by atoms with Gasteiger partial charge in [-0.1, -0.05) is 20.8 Å². The van der Waals surface area contributed by atoms with Gasteiger partial charge in [0.25, 0.3) is 7.52 Å². The van der Waals surface area contributed by atoms with Crippen LogP contribution in [0.4, 0.5) is 0 Å². The minimum atomic E-state index is -3.27. The lowest BCUT2D eigenvalue weighted by Gasteiger charge is -2.35. The third kappa shape index (κ3) is 5.16. The van der Waals surface area contributed by atoms with Crippen LogP contribution in [0.3, 0.4) is 0 Å². The van der Waals surface area contributed by atoms with E-state index in [9.17, 15) is 9.46 Å². The van der Waals surface area contributed by atoms with Gasteiger partial charge in [-0.15, -0.1) is 0 Å². The summed E-state index contributed by atoms with van der Waals surface area (Å²) in [5.74, 6) is 0.176. The molecule has 5 nitrogen and oxygen atoms in total. The highest BCUT2D eigenvalue weighted by Gasteiger charge is 2.37. The molecule has 0 radical (unpaired) electrons. The zero-order valence-corrected chi connectivity index (χ0v) is 13.3. The molecule has 0 aromatic carbocycles. The molecule has 0 saturated carbocycles. The zero-order chi connectivity index (χ0) is 14.3. The van der Waals surface area contributed by atoms with Gasteiger partial charge in [-0.3, -0.25) is 4.57 Å². The Balaban J connectivity index is 2.44. The predicted molar refractivity (Wildman–Crippen MR) is 76.6 cm³/mol. The van der Waals surface area contributed by atoms with E-state index in [1.165, 1.54) is 0 Å². The summed E-state index contributed by atoms with van der Waals surface area (Å²) in [7, 11) is -3.27. The highest BCUT2D eigenvalue weighted by atomic mass is 31.2. The molecule has 0 aromatic rings. The summed E-state index contributed by atoms with van der Waals surface area (Å²) in [5, 5.41) is 0. The average molecular weight is 293 g/mol. The molecule has 1 rings (SSSR count). The first-order valence-electron chi connectivity index (χ1n) is 7.23. The van der Waals surface area contributed by atoms with Crippen molar-refractivity contribution >= 4 is 7.52 Å². The molecule has 0 aliphatic carbocycles. The van der Waals surface area contributed by atoms with Gasteiger partial charge in [0, 0.05) is 32.0 Å². The Labute approximate surface area is 116 Å². The largest absolute Gasteiger partial charge is 0.381 e. The van der Waals surface area contributed by atoms with Crippen molar-refractivity contribution in [1.82, 2.24) is 4.67 Å². The zero-order valence-electron chi connectivity index (χ0n) is 12.4. The monoisotopic (exact) mass is 293 g/mol. The molecule has 3 atom stereocenters. The topological polar surface area (TPSA) is 59.0 Å². The van der Waals surface area contributed by atoms with Crippen molar-refractivity contribution < 1.29 is 18.9 Å². The maximum atomic E-state index is 12.6. The van der Waals surface area contributed by atoms with Crippen molar-refractivity contribution in [1.29, 1.82) is 0 Å². The van der Waals surface area contributed by atoms with Crippen LogP contribution in [0.2, 0.25) is 0 Å². The lowest BCUT2D eigenvalue weighted by Crippen LogP contribution is -2.37. The van der Waals surface area contributed by atoms with Gasteiger partial charge in [0.05, 0.1) is 13.2 Å². The van der Waals surface area contributed by atoms with E-state index in [0.29, 0.717) is 32.9 Å². The SMILES string of the molecule is CCCOCCC(C)C(C)P(=O)(O)N1CCOCC1. The molecule has 1 aliphatic heterocycles. The molecular formula is C13H28NO4P. The van der Waals surface area contributed by atoms with E-state index < -0.39 is 7.52 Å². The Hall–Kier alpha value is 0.0700. The number of rotatable bonds is 8. The minimum absolute atomic E-state index is 0.176. The molecule has 6 heteroatoms. The summed E-state index contributed by atoms with van der Waals surface area (Å²) >= 11 is 0. The summed E-state index contributed by atoms with van der Waals surface area (Å²) in [4.78, 5) is 10.4. The molecule has 0 spiro atoms. The Kier molecular flexibility index (Phi) is 7.55. The van der Waals surface area contributed by atoms with Gasteiger partial charge >= 0.3 is 0 Å². The number of ether oxygens (including phenoxy) is 2. The molecule has 1 N–H and O–H groups in total. The maximum Gasteiger partial charge on any atom is 0.273 e. The number of hydrogen-bond donors (Lipinski definition) is 1. The molecule has 3 unspecified atom stereocenters. The second kappa shape index (κ2) is 8.38. The Bertz CT molecular complexity index is 294. The standard InChI is InChI=1S/C13H28NO4P/c1-4-8-17-9-5-12(2)13(3)19(15,16)14-6-10-18-11-7-14/h12-13H,4-11H2,1-3H3,(H,15,16). The summed E-state index contributed by atoms with van der Waals surface area (Å²) in [6.45, 7) is 9.62. The molecule has 1 heterocycles. The van der Waals surface area contributed by atoms with E-state index in [1.54, 1.807) is 4.67 Å². The van der Waals surface area contributed by atoms with Crippen LogP contribution in [-0.2, 0) is 14.0 Å². The molecular weight excluding hydrogens is 265 g/mol. The first-order valence-corrected chi connectivity index (χ1v) is 8.91. The van der Waals surface area contributed by atoms with Crippen LogP contribution in [0.1, 0.15) is 33.6 Å². The van der Waals surface area contributed by atoms with Crippen molar-refractivity contribution in [3.8, 4) is 0 Å². The van der Waals surface area contributed by atoms with E-state index in [-0.39, 0.29) is 11.6 Å². The molecule has 1 saturated heterocycles. The summed E-state index contributed by atoms with van der Waals surface area (Å²) in [5.41, 5.74) is -0.226. The Morgan fingerprint density at radius 2 is 1.95 bits per heavy atom. The summed E-state index contributed by atoms with van der Waals surface area (Å²) in [6, 6.07) is 0. The van der Waals surface area contributed by atoms with Crippen molar-refractivity contribution in [2.45, 2.75) is 39.3 Å². The lowest BCUT2D eigenvalue weighted by atomic mass is 10.1. The number of nitrogens with zero attached hydrogens (tertiary/aromatic N) is 1. The van der Waals surface area contributed by atoms with Crippen LogP contribution in [0.25, 0.3) is 0 Å². The van der Waals surface area contributed by atoms with Gasteiger partial charge in [-0.25, -0.2) is 4.67 Å². The molecule has 0 bridgehead atoms. The van der Waals surface area contributed by atoms with Crippen molar-refractivity contribution in [2.75, 3.05) is 39.5 Å². The van der Waals surface area contributed by atoms with Gasteiger partial charge in [-0.05, 0) is 18.8 Å². The number of hydrogen-bond acceptors (Lipinski definition) is 3. The maximum absolute atomic E-state index is 12.6. The molecule has 0 amide bonds. The predicted octanol–water partition coefficient (Wildman–Crippen LogP) is 2.35. The van der Waals surface area contributed by atoms with Crippen molar-refractivity contribution in [3.05, 3.63) is 0 Å². The third-order valence-corrected chi connectivity index (χ3v) is 6.59. The molecule has 114 valence electrons. The van der Waals surface area contributed by atoms with E-state index >= 15 is 0 Å². The van der Waals surface area contributed by atoms with Gasteiger partial charge in [0.2, 0.25) is 0 Å². The highest BCUT2D eigenvalue weighted by Crippen LogP contribution is 2.53. The van der Waals surface area contributed by atoms with Gasteiger partial charge in [-0.2, -0.15) is 0 Å². The second-order valence-electron chi connectivity index (χ2n) is 5.27. The van der Waals surface area contributed by atoms with Crippen LogP contribution in [-0.4, -0.2) is 54.7 Å². The first-order chi connectivity index (χ1) is 9.00. The van der Waals surface area contributed by atoms with Crippen LogP contribution >= 0.6 is 7.52 Å². The summed E-state index contributed by atoms with van der Waals surface area (Å²) < 4.78 is 25.0. The first kappa shape index (κ1) is 17.1. The fourth-order valence-corrected chi connectivity index (χ4v) is 4.25. The van der Waals surface area contributed by atoms with Crippen LogP contribution < -0.4 is 0 Å². The van der Waals surface area contributed by atoms with Crippen LogP contribution in [0.15, 0.2) is 0 Å². The van der Waals surface area contributed by atoms with E-state index in [4.69, 9.17) is 9.47 Å². The second-order valence-corrected chi connectivity index (χ2v) is 7.83. The molecule has 1 aliphatic rings. The quantitative estimate of drug-likeness (QED) is 0.550. The average Bonchev–Trinajstić information content (AvgIpc) is 2.43. The van der Waals surface area contributed by atoms with Gasteiger partial charge < -0.3 is 14.4 Å². The van der Waals surface area contributed by atoms with Gasteiger partial charge in [0.1, 0.15) is 0 Å². The molecule has 19 heavy (non-hydrogen) atoms. The fraction of sp³-hybridized carbons (Fsp3) is 1.00. The smallest absolute Gasteiger partial charge is 0.273 e. The van der Waals surface area contributed by atoms with E-state index in [1.807, 2.05) is 13.8 Å². The lowest BCUT2D eigenvalue weighted by molar-refractivity contribution is 0.0661. The fourth-order valence-electron chi connectivity index (χ4n) is 2.19. The van der Waals surface area contributed by atoms with Crippen molar-refractivity contribution in [2.24, 2.45) is 5.92 Å². The van der Waals surface area contributed by atoms with E-state index in [0.717, 1.165) is 19.4 Å². The summed E-state index contributed by atoms with van der Waals surface area (Å²) in [6.07, 6.45) is 1.84. The Morgan fingerprint density at radius 1 is 1.32 bits per heavy atom. The normalized spacial score (nSPS) is 23.8. The minimum Gasteiger partial charge on any atom is -0.381 e. The van der Waals surface area contributed by atoms with Crippen LogP contribution in [0.5, 0.6) is 0 Å².